The van der Waals surface area contributed by atoms with E-state index in [-0.39, 0.29) is 0 Å². The summed E-state index contributed by atoms with van der Waals surface area (Å²) in [6.45, 7) is 2.13. The highest BCUT2D eigenvalue weighted by molar-refractivity contribution is 5.87. The van der Waals surface area contributed by atoms with Crippen LogP contribution in [-0.2, 0) is 6.42 Å². The van der Waals surface area contributed by atoms with Crippen LogP contribution in [0, 0.1) is 0 Å². The van der Waals surface area contributed by atoms with E-state index in [9.17, 15) is 9.90 Å². The smallest absolute Gasteiger partial charge is 0.0718 e. The van der Waals surface area contributed by atoms with Crippen molar-refractivity contribution in [2.75, 3.05) is 0 Å². The van der Waals surface area contributed by atoms with Crippen LogP contribution in [0.2, 0.25) is 0 Å². The van der Waals surface area contributed by atoms with Gasteiger partial charge >= 0.3 is 0 Å². The zero-order valence-electron chi connectivity index (χ0n) is 8.45. The lowest BCUT2D eigenvalue weighted by molar-refractivity contribution is -0.255. The van der Waals surface area contributed by atoms with Crippen LogP contribution in [0.3, 0.4) is 0 Å². The van der Waals surface area contributed by atoms with Gasteiger partial charge in [-0.2, -0.15) is 0 Å². The SMILES string of the molecule is CCCCCc1ccccc1C(=O)[O-]. The first kappa shape index (κ1) is 10.8. The van der Waals surface area contributed by atoms with E-state index in [0.29, 0.717) is 5.56 Å². The van der Waals surface area contributed by atoms with E-state index in [1.165, 1.54) is 0 Å². The van der Waals surface area contributed by atoms with Gasteiger partial charge in [-0.15, -0.1) is 0 Å². The molecule has 0 fully saturated rings. The number of carboxylic acid groups (broad SMARTS) is 1. The van der Waals surface area contributed by atoms with Crippen LogP contribution >= 0.6 is 0 Å². The Morgan fingerprint density at radius 2 is 2.00 bits per heavy atom. The molecule has 0 aromatic heterocycles. The molecule has 0 atom stereocenters. The predicted octanol–water partition coefficient (Wildman–Crippen LogP) is 1.78. The highest BCUT2D eigenvalue weighted by Gasteiger charge is 2.01. The highest BCUT2D eigenvalue weighted by atomic mass is 16.4. The number of benzene rings is 1. The Morgan fingerprint density at radius 1 is 1.29 bits per heavy atom. The third-order valence-electron chi connectivity index (χ3n) is 2.29. The standard InChI is InChI=1S/C12H16O2/c1-2-3-4-7-10-8-5-6-9-11(10)12(13)14/h5-6,8-9H,2-4,7H2,1H3,(H,13,14)/p-1. The summed E-state index contributed by atoms with van der Waals surface area (Å²) >= 11 is 0. The van der Waals surface area contributed by atoms with Gasteiger partial charge < -0.3 is 9.90 Å². The summed E-state index contributed by atoms with van der Waals surface area (Å²) in [5, 5.41) is 10.7. The molecule has 2 heteroatoms. The number of hydrogen-bond acceptors (Lipinski definition) is 2. The Balaban J connectivity index is 2.69. The van der Waals surface area contributed by atoms with Crippen molar-refractivity contribution >= 4 is 5.97 Å². The Bertz CT molecular complexity index is 305. The summed E-state index contributed by atoms with van der Waals surface area (Å²) in [5.41, 5.74) is 1.23. The second-order valence-corrected chi connectivity index (χ2v) is 3.40. The molecule has 0 saturated carbocycles. The van der Waals surface area contributed by atoms with E-state index in [0.717, 1.165) is 31.2 Å². The first-order chi connectivity index (χ1) is 6.75. The fourth-order valence-corrected chi connectivity index (χ4v) is 1.50. The Kier molecular flexibility index (Phi) is 4.17. The first-order valence-electron chi connectivity index (χ1n) is 5.05. The monoisotopic (exact) mass is 191 g/mol. The fraction of sp³-hybridized carbons (Fsp3) is 0.417. The quantitative estimate of drug-likeness (QED) is 0.665. The molecule has 0 aliphatic carbocycles. The second-order valence-electron chi connectivity index (χ2n) is 3.40. The number of hydrogen-bond donors (Lipinski definition) is 0. The lowest BCUT2D eigenvalue weighted by Crippen LogP contribution is -2.23. The molecule has 0 amide bonds. The molecular weight excluding hydrogens is 176 g/mol. The van der Waals surface area contributed by atoms with Crippen LogP contribution < -0.4 is 5.11 Å². The summed E-state index contributed by atoms with van der Waals surface area (Å²) in [7, 11) is 0. The minimum absolute atomic E-state index is 0.337. The normalized spacial score (nSPS) is 10.1. The molecule has 0 N–H and O–H groups in total. The molecule has 0 bridgehead atoms. The Morgan fingerprint density at radius 3 is 2.64 bits per heavy atom. The summed E-state index contributed by atoms with van der Waals surface area (Å²) in [6.07, 6.45) is 4.16. The van der Waals surface area contributed by atoms with Crippen molar-refractivity contribution in [3.63, 3.8) is 0 Å². The van der Waals surface area contributed by atoms with Gasteiger partial charge in [-0.1, -0.05) is 44.0 Å². The second kappa shape index (κ2) is 5.43. The number of aromatic carboxylic acids is 1. The highest BCUT2D eigenvalue weighted by Crippen LogP contribution is 2.11. The van der Waals surface area contributed by atoms with Crippen LogP contribution in [0.15, 0.2) is 24.3 Å². The van der Waals surface area contributed by atoms with Crippen LogP contribution in [-0.4, -0.2) is 5.97 Å². The molecule has 76 valence electrons. The molecule has 1 aromatic carbocycles. The number of carboxylic acids is 1. The van der Waals surface area contributed by atoms with E-state index >= 15 is 0 Å². The zero-order valence-corrected chi connectivity index (χ0v) is 8.45. The van der Waals surface area contributed by atoms with Crippen molar-refractivity contribution in [1.29, 1.82) is 0 Å². The summed E-state index contributed by atoms with van der Waals surface area (Å²) in [5.74, 6) is -1.07. The third-order valence-corrected chi connectivity index (χ3v) is 2.29. The molecule has 0 saturated heterocycles. The van der Waals surface area contributed by atoms with Crippen LogP contribution in [0.4, 0.5) is 0 Å². The minimum Gasteiger partial charge on any atom is -0.545 e. The molecule has 1 rings (SSSR count). The molecule has 1 aromatic rings. The molecule has 0 spiro atoms. The van der Waals surface area contributed by atoms with Gasteiger partial charge in [0.05, 0.1) is 5.97 Å². The van der Waals surface area contributed by atoms with Crippen LogP contribution in [0.1, 0.15) is 42.1 Å². The molecule has 0 radical (unpaired) electrons. The summed E-state index contributed by atoms with van der Waals surface area (Å²) < 4.78 is 0. The largest absolute Gasteiger partial charge is 0.545 e. The molecule has 0 aliphatic heterocycles. The lowest BCUT2D eigenvalue weighted by atomic mass is 10.0. The van der Waals surface area contributed by atoms with E-state index in [1.54, 1.807) is 12.1 Å². The lowest BCUT2D eigenvalue weighted by Gasteiger charge is -2.09. The van der Waals surface area contributed by atoms with Gasteiger partial charge in [0.25, 0.3) is 0 Å². The molecule has 14 heavy (non-hydrogen) atoms. The maximum absolute atomic E-state index is 10.7. The fourth-order valence-electron chi connectivity index (χ4n) is 1.50. The molecule has 0 aliphatic rings. The number of aryl methyl sites for hydroxylation is 1. The Labute approximate surface area is 84.6 Å². The molecule has 2 nitrogen and oxygen atoms in total. The number of carbonyl (C=O) groups is 1. The Hall–Kier alpha value is -1.31. The topological polar surface area (TPSA) is 40.1 Å². The summed E-state index contributed by atoms with van der Waals surface area (Å²) in [6, 6.07) is 7.07. The van der Waals surface area contributed by atoms with Crippen LogP contribution in [0.25, 0.3) is 0 Å². The van der Waals surface area contributed by atoms with E-state index < -0.39 is 5.97 Å². The molecule has 0 heterocycles. The van der Waals surface area contributed by atoms with Gasteiger partial charge in [0.2, 0.25) is 0 Å². The van der Waals surface area contributed by atoms with Gasteiger partial charge in [0, 0.05) is 5.56 Å². The van der Waals surface area contributed by atoms with Gasteiger partial charge in [-0.25, -0.2) is 0 Å². The van der Waals surface area contributed by atoms with Crippen molar-refractivity contribution in [1.82, 2.24) is 0 Å². The average Bonchev–Trinajstić information content (AvgIpc) is 2.19. The van der Waals surface area contributed by atoms with Crippen molar-refractivity contribution in [2.24, 2.45) is 0 Å². The molecule has 0 unspecified atom stereocenters. The van der Waals surface area contributed by atoms with E-state index in [2.05, 4.69) is 6.92 Å². The minimum atomic E-state index is -1.07. The van der Waals surface area contributed by atoms with Crippen molar-refractivity contribution in [3.8, 4) is 0 Å². The van der Waals surface area contributed by atoms with Crippen molar-refractivity contribution < 1.29 is 9.90 Å². The maximum Gasteiger partial charge on any atom is 0.0718 e. The first-order valence-corrected chi connectivity index (χ1v) is 5.05. The average molecular weight is 191 g/mol. The van der Waals surface area contributed by atoms with Crippen LogP contribution in [0.5, 0.6) is 0 Å². The van der Waals surface area contributed by atoms with Crippen molar-refractivity contribution in [3.05, 3.63) is 35.4 Å². The van der Waals surface area contributed by atoms with Gasteiger partial charge in [0.15, 0.2) is 0 Å². The number of rotatable bonds is 5. The van der Waals surface area contributed by atoms with Gasteiger partial charge in [-0.3, -0.25) is 0 Å². The van der Waals surface area contributed by atoms with Crippen molar-refractivity contribution in [2.45, 2.75) is 32.6 Å². The predicted molar refractivity (Wildman–Crippen MR) is 54.0 cm³/mol. The number of unbranched alkanes of at least 4 members (excludes halogenated alkanes) is 2. The maximum atomic E-state index is 10.7. The van der Waals surface area contributed by atoms with Gasteiger partial charge in [0.1, 0.15) is 0 Å². The number of carbonyl (C=O) groups excluding carboxylic acids is 1. The summed E-state index contributed by atoms with van der Waals surface area (Å²) in [4.78, 5) is 10.7. The van der Waals surface area contributed by atoms with E-state index in [4.69, 9.17) is 0 Å². The van der Waals surface area contributed by atoms with E-state index in [1.807, 2.05) is 12.1 Å². The third kappa shape index (κ3) is 2.87. The zero-order chi connectivity index (χ0) is 10.4. The van der Waals surface area contributed by atoms with Gasteiger partial charge in [-0.05, 0) is 18.4 Å². The molecular formula is C12H15O2-.